The molecule has 0 heterocycles. The lowest BCUT2D eigenvalue weighted by Gasteiger charge is -2.60. The molecule has 0 amide bonds. The first-order chi connectivity index (χ1) is 10.9. The minimum absolute atomic E-state index is 0.265. The van der Waals surface area contributed by atoms with Crippen molar-refractivity contribution in [1.82, 2.24) is 0 Å². The van der Waals surface area contributed by atoms with Crippen molar-refractivity contribution in [1.29, 1.82) is 0 Å². The summed E-state index contributed by atoms with van der Waals surface area (Å²) in [5.74, 6) is 4.25. The first kappa shape index (κ1) is 15.8. The number of fused-ring (bicyclic) bond motifs is 5. The van der Waals surface area contributed by atoms with E-state index in [-0.39, 0.29) is 5.41 Å². The van der Waals surface area contributed by atoms with Gasteiger partial charge < -0.3 is 0 Å². The molecule has 0 bridgehead atoms. The Morgan fingerprint density at radius 3 is 2.43 bits per heavy atom. The van der Waals surface area contributed by atoms with Crippen molar-refractivity contribution in [2.45, 2.75) is 78.6 Å². The third kappa shape index (κ3) is 2.12. The highest BCUT2D eigenvalue weighted by Gasteiger charge is 2.60. The monoisotopic (exact) mass is 316 g/mol. The Hall–Kier alpha value is -0.660. The smallest absolute Gasteiger partial charge is 0.133 e. The van der Waals surface area contributed by atoms with E-state index in [1.54, 1.807) is 0 Å². The van der Waals surface area contributed by atoms with Crippen molar-refractivity contribution in [3.05, 3.63) is 0 Å². The zero-order chi connectivity index (χ0) is 16.4. The molecule has 4 rings (SSSR count). The van der Waals surface area contributed by atoms with Gasteiger partial charge in [-0.3, -0.25) is 9.59 Å². The molecule has 2 nitrogen and oxygen atoms in total. The molecule has 0 aromatic rings. The van der Waals surface area contributed by atoms with E-state index in [0.717, 1.165) is 43.4 Å². The lowest BCUT2D eigenvalue weighted by Crippen LogP contribution is -2.53. The quantitative estimate of drug-likeness (QED) is 0.696. The van der Waals surface area contributed by atoms with Crippen LogP contribution in [0.5, 0.6) is 0 Å². The Kier molecular flexibility index (Phi) is 3.56. The predicted octanol–water partition coefficient (Wildman–Crippen LogP) is 4.80. The summed E-state index contributed by atoms with van der Waals surface area (Å²) in [6, 6.07) is 0. The van der Waals surface area contributed by atoms with Gasteiger partial charge in [0.2, 0.25) is 0 Å². The van der Waals surface area contributed by atoms with Crippen LogP contribution in [-0.4, -0.2) is 11.6 Å². The molecule has 0 aromatic heterocycles. The van der Waals surface area contributed by atoms with Crippen molar-refractivity contribution in [2.24, 2.45) is 40.4 Å². The van der Waals surface area contributed by atoms with Gasteiger partial charge in [-0.15, -0.1) is 0 Å². The molecule has 2 heteroatoms. The fraction of sp³-hybridized carbons (Fsp3) is 0.905. The van der Waals surface area contributed by atoms with Crippen LogP contribution in [0.15, 0.2) is 0 Å². The van der Waals surface area contributed by atoms with Crippen LogP contribution >= 0.6 is 0 Å². The molecule has 0 saturated heterocycles. The Labute approximate surface area is 140 Å². The van der Waals surface area contributed by atoms with Crippen LogP contribution in [0.25, 0.3) is 0 Å². The summed E-state index contributed by atoms with van der Waals surface area (Å²) >= 11 is 0. The number of hydrogen-bond donors (Lipinski definition) is 0. The number of ketones is 2. The standard InChI is InChI=1S/C21H32O2/c1-13(22)17-6-7-18-16-5-4-14-12-15(23)8-10-20(14,2)19(16)9-11-21(17,18)3/h14,16-19H,4-12H2,1-3H3/t14-,16+,17+,18-,19+,20+,21-/m1/s1. The molecule has 0 aromatic carbocycles. The normalized spacial score (nSPS) is 52.5. The first-order valence-electron chi connectivity index (χ1n) is 9.88. The summed E-state index contributed by atoms with van der Waals surface area (Å²) in [7, 11) is 0. The van der Waals surface area contributed by atoms with Gasteiger partial charge in [0, 0.05) is 18.8 Å². The van der Waals surface area contributed by atoms with Gasteiger partial charge in [0.05, 0.1) is 0 Å². The third-order valence-corrected chi connectivity index (χ3v) is 8.97. The molecular formula is C21H32O2. The highest BCUT2D eigenvalue weighted by atomic mass is 16.1. The molecule has 0 radical (unpaired) electrons. The van der Waals surface area contributed by atoms with Gasteiger partial charge in [0.25, 0.3) is 0 Å². The molecule has 4 saturated carbocycles. The molecule has 0 unspecified atom stereocenters. The van der Waals surface area contributed by atoms with E-state index in [4.69, 9.17) is 0 Å². The summed E-state index contributed by atoms with van der Waals surface area (Å²) in [5.41, 5.74) is 0.660. The van der Waals surface area contributed by atoms with Gasteiger partial charge in [0.1, 0.15) is 11.6 Å². The van der Waals surface area contributed by atoms with E-state index in [2.05, 4.69) is 13.8 Å². The van der Waals surface area contributed by atoms with E-state index in [0.29, 0.717) is 28.8 Å². The van der Waals surface area contributed by atoms with Crippen molar-refractivity contribution in [3.8, 4) is 0 Å². The van der Waals surface area contributed by atoms with Crippen LogP contribution < -0.4 is 0 Å². The van der Waals surface area contributed by atoms with E-state index in [9.17, 15) is 9.59 Å². The number of rotatable bonds is 1. The van der Waals surface area contributed by atoms with Gasteiger partial charge in [-0.1, -0.05) is 13.8 Å². The zero-order valence-electron chi connectivity index (χ0n) is 15.1. The maximum absolute atomic E-state index is 12.2. The summed E-state index contributed by atoms with van der Waals surface area (Å²) in [6.07, 6.45) is 10.3. The summed E-state index contributed by atoms with van der Waals surface area (Å²) < 4.78 is 0. The first-order valence-corrected chi connectivity index (χ1v) is 9.88. The van der Waals surface area contributed by atoms with E-state index >= 15 is 0 Å². The molecule has 7 atom stereocenters. The van der Waals surface area contributed by atoms with Crippen molar-refractivity contribution >= 4 is 11.6 Å². The van der Waals surface area contributed by atoms with E-state index in [1.165, 1.54) is 32.1 Å². The van der Waals surface area contributed by atoms with Crippen molar-refractivity contribution in [3.63, 3.8) is 0 Å². The van der Waals surface area contributed by atoms with Gasteiger partial charge in [-0.25, -0.2) is 0 Å². The maximum Gasteiger partial charge on any atom is 0.133 e. The summed E-state index contributed by atoms with van der Waals surface area (Å²) in [4.78, 5) is 24.1. The number of hydrogen-bond acceptors (Lipinski definition) is 2. The molecule has 4 aliphatic carbocycles. The van der Waals surface area contributed by atoms with E-state index < -0.39 is 0 Å². The highest BCUT2D eigenvalue weighted by molar-refractivity contribution is 5.80. The fourth-order valence-corrected chi connectivity index (χ4v) is 7.71. The number of Topliss-reactive ketones (excluding diaryl/α,β-unsaturated/α-hetero) is 2. The van der Waals surface area contributed by atoms with Crippen molar-refractivity contribution in [2.75, 3.05) is 0 Å². The maximum atomic E-state index is 12.2. The minimum atomic E-state index is 0.265. The topological polar surface area (TPSA) is 34.1 Å². The average Bonchev–Trinajstić information content (AvgIpc) is 2.85. The number of carbonyl (C=O) groups excluding carboxylic acids is 2. The Morgan fingerprint density at radius 1 is 0.957 bits per heavy atom. The SMILES string of the molecule is CC(=O)[C@@H]1CC[C@@H]2[C@@H]3CC[C@@H]4CC(=O)CC[C@]4(C)[C@H]3CC[C@@]21C. The lowest BCUT2D eigenvalue weighted by atomic mass is 9.44. The van der Waals surface area contributed by atoms with Crippen LogP contribution in [0.3, 0.4) is 0 Å². The van der Waals surface area contributed by atoms with Crippen LogP contribution in [0.1, 0.15) is 78.6 Å². The van der Waals surface area contributed by atoms with E-state index in [1.807, 2.05) is 6.92 Å². The zero-order valence-corrected chi connectivity index (χ0v) is 15.1. The molecule has 4 fully saturated rings. The van der Waals surface area contributed by atoms with Crippen LogP contribution in [-0.2, 0) is 9.59 Å². The molecule has 128 valence electrons. The Morgan fingerprint density at radius 2 is 1.70 bits per heavy atom. The predicted molar refractivity (Wildman–Crippen MR) is 90.9 cm³/mol. The van der Waals surface area contributed by atoms with Crippen LogP contribution in [0.2, 0.25) is 0 Å². The van der Waals surface area contributed by atoms with Gasteiger partial charge in [-0.2, -0.15) is 0 Å². The Bertz CT molecular complexity index is 538. The molecule has 23 heavy (non-hydrogen) atoms. The highest BCUT2D eigenvalue weighted by Crippen LogP contribution is 2.67. The largest absolute Gasteiger partial charge is 0.300 e. The summed E-state index contributed by atoms with van der Waals surface area (Å²) in [5, 5.41) is 0. The second-order valence-electron chi connectivity index (χ2n) is 9.68. The third-order valence-electron chi connectivity index (χ3n) is 8.97. The number of carbonyl (C=O) groups is 2. The second-order valence-corrected chi connectivity index (χ2v) is 9.68. The van der Waals surface area contributed by atoms with Crippen molar-refractivity contribution < 1.29 is 9.59 Å². The van der Waals surface area contributed by atoms with Crippen LogP contribution in [0.4, 0.5) is 0 Å². The average molecular weight is 316 g/mol. The molecule has 0 aliphatic heterocycles. The van der Waals surface area contributed by atoms with Gasteiger partial charge in [0.15, 0.2) is 0 Å². The molecule has 0 spiro atoms. The summed E-state index contributed by atoms with van der Waals surface area (Å²) in [6.45, 7) is 6.74. The molecule has 4 aliphatic rings. The van der Waals surface area contributed by atoms with Gasteiger partial charge >= 0.3 is 0 Å². The fourth-order valence-electron chi connectivity index (χ4n) is 7.71. The van der Waals surface area contributed by atoms with Crippen LogP contribution in [0, 0.1) is 40.4 Å². The minimum Gasteiger partial charge on any atom is -0.300 e. The molecule has 0 N–H and O–H groups in total. The van der Waals surface area contributed by atoms with Gasteiger partial charge in [-0.05, 0) is 86.4 Å². The molecular weight excluding hydrogens is 284 g/mol. The second kappa shape index (κ2) is 5.17. The Balaban J connectivity index is 1.63. The lowest BCUT2D eigenvalue weighted by molar-refractivity contribution is -0.143.